The van der Waals surface area contributed by atoms with Gasteiger partial charge >= 0.3 is 6.18 Å². The number of amides is 1. The summed E-state index contributed by atoms with van der Waals surface area (Å²) in [5, 5.41) is 2.81. The van der Waals surface area contributed by atoms with Crippen LogP contribution in [0.25, 0.3) is 11.3 Å². The highest BCUT2D eigenvalue weighted by Gasteiger charge is 2.37. The van der Waals surface area contributed by atoms with Crippen molar-refractivity contribution in [2.45, 2.75) is 44.8 Å². The molecule has 1 amide bonds. The predicted molar refractivity (Wildman–Crippen MR) is 178 cm³/mol. The molecule has 5 rings (SSSR count). The van der Waals surface area contributed by atoms with Crippen molar-refractivity contribution in [2.75, 3.05) is 74.7 Å². The Morgan fingerprint density at radius 2 is 1.80 bits per heavy atom. The fourth-order valence-corrected chi connectivity index (χ4v) is 6.23. The standard InChI is InChI=1S/C33H43F3N6O3Si/c1-23-22-42(11-10-40(23)2)30-7-6-24(28-19-25(8-9-37-28)41-12-14-44-15-13-41)18-29(30)39-32(43)26-21-38-31(20-27(26)33(34,35)36)45-16-17-46(3,4)5/h6-9,18-21,23H,10-17,22H2,1-5H3,(H,39,43). The third-order valence-corrected chi connectivity index (χ3v) is 10.2. The number of anilines is 3. The number of hydrogen-bond acceptors (Lipinski definition) is 8. The molecule has 0 spiro atoms. The number of morpholine rings is 1. The average molecular weight is 657 g/mol. The normalized spacial score (nSPS) is 18.0. The topological polar surface area (TPSA) is 83.1 Å². The zero-order valence-electron chi connectivity index (χ0n) is 27.2. The summed E-state index contributed by atoms with van der Waals surface area (Å²) >= 11 is 0. The zero-order valence-corrected chi connectivity index (χ0v) is 28.2. The first-order valence-corrected chi connectivity index (χ1v) is 19.4. The molecule has 2 aliphatic heterocycles. The highest BCUT2D eigenvalue weighted by Crippen LogP contribution is 2.37. The lowest BCUT2D eigenvalue weighted by Gasteiger charge is -2.39. The smallest absolute Gasteiger partial charge is 0.417 e. The highest BCUT2D eigenvalue weighted by molar-refractivity contribution is 6.76. The molecule has 9 nitrogen and oxygen atoms in total. The number of carbonyl (C=O) groups excluding carboxylic acids is 1. The second-order valence-corrected chi connectivity index (χ2v) is 18.8. The molecule has 2 saturated heterocycles. The number of carbonyl (C=O) groups is 1. The van der Waals surface area contributed by atoms with Crippen LogP contribution in [-0.4, -0.2) is 94.5 Å². The van der Waals surface area contributed by atoms with Crippen molar-refractivity contribution in [3.05, 3.63) is 59.9 Å². The van der Waals surface area contributed by atoms with Crippen molar-refractivity contribution in [3.8, 4) is 17.1 Å². The van der Waals surface area contributed by atoms with Crippen LogP contribution in [0.4, 0.5) is 30.2 Å². The van der Waals surface area contributed by atoms with Gasteiger partial charge in [-0.1, -0.05) is 25.7 Å². The van der Waals surface area contributed by atoms with Crippen LogP contribution >= 0.6 is 0 Å². The number of halogens is 3. The highest BCUT2D eigenvalue weighted by atomic mass is 28.3. The molecule has 1 aromatic carbocycles. The molecule has 1 unspecified atom stereocenters. The lowest BCUT2D eigenvalue weighted by Crippen LogP contribution is -2.50. The van der Waals surface area contributed by atoms with Gasteiger partial charge in [0.15, 0.2) is 0 Å². The molecule has 46 heavy (non-hydrogen) atoms. The second kappa shape index (κ2) is 14.0. The molecule has 4 heterocycles. The molecule has 1 atom stereocenters. The fourth-order valence-electron chi connectivity index (χ4n) is 5.52. The first kappa shape index (κ1) is 33.7. The predicted octanol–water partition coefficient (Wildman–Crippen LogP) is 6.11. The minimum atomic E-state index is -4.78. The summed E-state index contributed by atoms with van der Waals surface area (Å²) in [5.74, 6) is -1.05. The van der Waals surface area contributed by atoms with Crippen LogP contribution in [-0.2, 0) is 10.9 Å². The Kier molecular flexibility index (Phi) is 10.2. The monoisotopic (exact) mass is 656 g/mol. The van der Waals surface area contributed by atoms with Crippen molar-refractivity contribution in [2.24, 2.45) is 0 Å². The Balaban J connectivity index is 1.47. The van der Waals surface area contributed by atoms with E-state index in [1.165, 1.54) is 0 Å². The molecule has 2 aliphatic rings. The van der Waals surface area contributed by atoms with Gasteiger partial charge in [0, 0.05) is 76.6 Å². The quantitative estimate of drug-likeness (QED) is 0.277. The van der Waals surface area contributed by atoms with Crippen molar-refractivity contribution in [1.29, 1.82) is 0 Å². The molecule has 13 heteroatoms. The number of rotatable bonds is 9. The molecule has 2 fully saturated rings. The molecule has 248 valence electrons. The first-order valence-electron chi connectivity index (χ1n) is 15.7. The summed E-state index contributed by atoms with van der Waals surface area (Å²) in [6.07, 6.45) is -2.09. The second-order valence-electron chi connectivity index (χ2n) is 13.2. The molecule has 0 bridgehead atoms. The van der Waals surface area contributed by atoms with Crippen molar-refractivity contribution < 1.29 is 27.4 Å². The molecular formula is C33H43F3N6O3Si. The Morgan fingerprint density at radius 3 is 2.50 bits per heavy atom. The summed E-state index contributed by atoms with van der Waals surface area (Å²) in [7, 11) is 0.600. The molecule has 0 saturated carbocycles. The van der Waals surface area contributed by atoms with E-state index in [1.807, 2.05) is 24.3 Å². The number of hydrogen-bond donors (Lipinski definition) is 1. The van der Waals surface area contributed by atoms with E-state index in [9.17, 15) is 18.0 Å². The number of piperazine rings is 1. The number of alkyl halides is 3. The van der Waals surface area contributed by atoms with Gasteiger partial charge in [-0.05, 0) is 44.3 Å². The summed E-state index contributed by atoms with van der Waals surface area (Å²) < 4.78 is 53.9. The van der Waals surface area contributed by atoms with Crippen LogP contribution in [0.3, 0.4) is 0 Å². The lowest BCUT2D eigenvalue weighted by molar-refractivity contribution is -0.138. The van der Waals surface area contributed by atoms with Gasteiger partial charge in [-0.15, -0.1) is 0 Å². The number of nitrogens with zero attached hydrogens (tertiary/aromatic N) is 5. The fraction of sp³-hybridized carbons (Fsp3) is 0.485. The van der Waals surface area contributed by atoms with Crippen LogP contribution in [0.1, 0.15) is 22.8 Å². The van der Waals surface area contributed by atoms with E-state index in [4.69, 9.17) is 9.47 Å². The minimum absolute atomic E-state index is 0.151. The van der Waals surface area contributed by atoms with Gasteiger partial charge in [0.05, 0.1) is 48.0 Å². The minimum Gasteiger partial charge on any atom is -0.478 e. The van der Waals surface area contributed by atoms with Crippen LogP contribution in [0.5, 0.6) is 5.88 Å². The summed E-state index contributed by atoms with van der Waals surface area (Å²) in [6, 6.07) is 11.4. The maximum Gasteiger partial charge on any atom is 0.417 e. The number of benzene rings is 1. The molecule has 3 aromatic rings. The van der Waals surface area contributed by atoms with Gasteiger partial charge < -0.3 is 29.5 Å². The van der Waals surface area contributed by atoms with E-state index >= 15 is 0 Å². The third-order valence-electron chi connectivity index (χ3n) is 8.49. The summed E-state index contributed by atoms with van der Waals surface area (Å²) in [5.41, 5.74) is 1.90. The van der Waals surface area contributed by atoms with Crippen LogP contribution in [0.15, 0.2) is 48.8 Å². The van der Waals surface area contributed by atoms with E-state index in [1.54, 1.807) is 12.3 Å². The van der Waals surface area contributed by atoms with Crippen LogP contribution in [0.2, 0.25) is 25.7 Å². The van der Waals surface area contributed by atoms with Crippen molar-refractivity contribution in [1.82, 2.24) is 14.9 Å². The van der Waals surface area contributed by atoms with E-state index in [-0.39, 0.29) is 18.5 Å². The molecule has 0 aliphatic carbocycles. The summed E-state index contributed by atoms with van der Waals surface area (Å²) in [6.45, 7) is 13.9. The molecule has 2 aromatic heterocycles. The number of likely N-dealkylation sites (N-methyl/N-ethyl adjacent to an activating group) is 1. The Labute approximate surface area is 269 Å². The van der Waals surface area contributed by atoms with Crippen molar-refractivity contribution >= 4 is 31.0 Å². The van der Waals surface area contributed by atoms with E-state index in [0.29, 0.717) is 37.7 Å². The lowest BCUT2D eigenvalue weighted by atomic mass is 10.1. The third kappa shape index (κ3) is 8.36. The van der Waals surface area contributed by atoms with Crippen LogP contribution in [0, 0.1) is 0 Å². The largest absolute Gasteiger partial charge is 0.478 e. The number of aromatic nitrogens is 2. The van der Waals surface area contributed by atoms with Gasteiger partial charge in [-0.3, -0.25) is 9.78 Å². The SMILES string of the molecule is CC1CN(c2ccc(-c3cc(N4CCOCC4)ccn3)cc2NC(=O)c2cnc(OCC[Si](C)(C)C)cc2C(F)(F)F)CCN1C. The summed E-state index contributed by atoms with van der Waals surface area (Å²) in [4.78, 5) is 28.9. The maximum absolute atomic E-state index is 14.3. The van der Waals surface area contributed by atoms with E-state index in [0.717, 1.165) is 54.9 Å². The zero-order chi connectivity index (χ0) is 33.1. The maximum atomic E-state index is 14.3. The molecular weight excluding hydrogens is 613 g/mol. The molecule has 0 radical (unpaired) electrons. The number of nitrogens with one attached hydrogen (secondary N) is 1. The van der Waals surface area contributed by atoms with Gasteiger partial charge in [0.2, 0.25) is 5.88 Å². The van der Waals surface area contributed by atoms with Gasteiger partial charge in [-0.2, -0.15) is 13.2 Å². The van der Waals surface area contributed by atoms with Crippen LogP contribution < -0.4 is 19.9 Å². The molecule has 1 N–H and O–H groups in total. The number of ether oxygens (including phenoxy) is 2. The van der Waals surface area contributed by atoms with Gasteiger partial charge in [0.25, 0.3) is 5.91 Å². The first-order chi connectivity index (χ1) is 21.8. The van der Waals surface area contributed by atoms with Gasteiger partial charge in [-0.25, -0.2) is 4.98 Å². The average Bonchev–Trinajstić information content (AvgIpc) is 3.02. The van der Waals surface area contributed by atoms with Gasteiger partial charge in [0.1, 0.15) is 0 Å². The van der Waals surface area contributed by atoms with E-state index < -0.39 is 31.3 Å². The Morgan fingerprint density at radius 1 is 1.04 bits per heavy atom. The van der Waals surface area contributed by atoms with E-state index in [2.05, 4.69) is 63.6 Å². The number of pyridine rings is 2. The van der Waals surface area contributed by atoms with Crippen molar-refractivity contribution in [3.63, 3.8) is 0 Å². The Hall–Kier alpha value is -3.68. The Bertz CT molecular complexity index is 1530.